The summed E-state index contributed by atoms with van der Waals surface area (Å²) in [7, 11) is 1.47. The summed E-state index contributed by atoms with van der Waals surface area (Å²) >= 11 is 6.01. The van der Waals surface area contributed by atoms with Crippen molar-refractivity contribution in [1.82, 2.24) is 4.98 Å². The van der Waals surface area contributed by atoms with Crippen LogP contribution in [-0.2, 0) is 0 Å². The van der Waals surface area contributed by atoms with Gasteiger partial charge < -0.3 is 10.5 Å². The number of carbonyl (C=O) groups excluding carboxylic acids is 1. The molecule has 0 saturated heterocycles. The van der Waals surface area contributed by atoms with Gasteiger partial charge in [-0.25, -0.2) is 0 Å². The van der Waals surface area contributed by atoms with Crippen molar-refractivity contribution >= 4 is 28.4 Å². The van der Waals surface area contributed by atoms with Gasteiger partial charge in [0.25, 0.3) is 5.91 Å². The van der Waals surface area contributed by atoms with Crippen LogP contribution in [0.4, 0.5) is 0 Å². The normalized spacial score (nSPS) is 10.4. The minimum absolute atomic E-state index is 0.296. The predicted octanol–water partition coefficient (Wildman–Crippen LogP) is 2.00. The van der Waals surface area contributed by atoms with Crippen molar-refractivity contribution in [2.75, 3.05) is 7.11 Å². The summed E-state index contributed by atoms with van der Waals surface area (Å²) in [5.41, 5.74) is 6.15. The summed E-state index contributed by atoms with van der Waals surface area (Å²) in [5.74, 6) is -0.157. The van der Waals surface area contributed by atoms with Crippen LogP contribution >= 0.6 is 11.6 Å². The fraction of sp³-hybridized carbons (Fsp3) is 0.0909. The summed E-state index contributed by atoms with van der Waals surface area (Å²) in [4.78, 5) is 15.3. The third-order valence-corrected chi connectivity index (χ3v) is 2.60. The van der Waals surface area contributed by atoms with Gasteiger partial charge in [0, 0.05) is 11.6 Å². The molecule has 1 aromatic carbocycles. The number of pyridine rings is 1. The molecule has 0 aliphatic rings. The summed E-state index contributed by atoms with van der Waals surface area (Å²) in [5, 5.41) is 1.28. The molecule has 82 valence electrons. The molecular formula is C11H9ClN2O2. The predicted molar refractivity (Wildman–Crippen MR) is 61.8 cm³/mol. The first-order valence-electron chi connectivity index (χ1n) is 4.55. The molecule has 2 N–H and O–H groups in total. The van der Waals surface area contributed by atoms with Crippen molar-refractivity contribution in [3.05, 3.63) is 35.0 Å². The molecule has 0 bridgehead atoms. The molecule has 2 aromatic rings. The van der Waals surface area contributed by atoms with Crippen LogP contribution in [0.1, 0.15) is 10.4 Å². The first-order valence-corrected chi connectivity index (χ1v) is 4.93. The van der Waals surface area contributed by atoms with Crippen molar-refractivity contribution < 1.29 is 9.53 Å². The summed E-state index contributed by atoms with van der Waals surface area (Å²) in [6.07, 6.45) is 1.57. The number of nitrogens with two attached hydrogens (primary N) is 1. The van der Waals surface area contributed by atoms with Crippen LogP contribution in [-0.4, -0.2) is 18.0 Å². The quantitative estimate of drug-likeness (QED) is 0.867. The van der Waals surface area contributed by atoms with E-state index in [1.165, 1.54) is 7.11 Å². The Morgan fingerprint density at radius 1 is 1.50 bits per heavy atom. The first kappa shape index (κ1) is 10.7. The highest BCUT2D eigenvalue weighted by atomic mass is 35.5. The molecule has 0 spiro atoms. The fourth-order valence-electron chi connectivity index (χ4n) is 1.50. The number of halogens is 1. The number of benzene rings is 1. The fourth-order valence-corrected chi connectivity index (χ4v) is 1.71. The van der Waals surface area contributed by atoms with E-state index in [2.05, 4.69) is 4.98 Å². The monoisotopic (exact) mass is 236 g/mol. The van der Waals surface area contributed by atoms with Crippen molar-refractivity contribution in [2.24, 2.45) is 5.73 Å². The van der Waals surface area contributed by atoms with Gasteiger partial charge in [-0.05, 0) is 18.2 Å². The van der Waals surface area contributed by atoms with Crippen LogP contribution < -0.4 is 10.5 Å². The average molecular weight is 237 g/mol. The zero-order valence-corrected chi connectivity index (χ0v) is 9.28. The lowest BCUT2D eigenvalue weighted by molar-refractivity contribution is 0.0997. The summed E-state index contributed by atoms with van der Waals surface area (Å²) in [6.45, 7) is 0. The second-order valence-corrected chi connectivity index (χ2v) is 3.63. The molecule has 0 aliphatic carbocycles. The lowest BCUT2D eigenvalue weighted by atomic mass is 10.1. The molecule has 2 rings (SSSR count). The molecule has 0 saturated carbocycles. The Morgan fingerprint density at radius 2 is 2.25 bits per heavy atom. The molecule has 0 unspecified atom stereocenters. The van der Waals surface area contributed by atoms with Gasteiger partial charge in [0.2, 0.25) is 0 Å². The number of hydrogen-bond acceptors (Lipinski definition) is 3. The van der Waals surface area contributed by atoms with E-state index in [-0.39, 0.29) is 0 Å². The van der Waals surface area contributed by atoms with Gasteiger partial charge in [-0.2, -0.15) is 0 Å². The second kappa shape index (κ2) is 3.98. The van der Waals surface area contributed by atoms with Crippen molar-refractivity contribution in [2.45, 2.75) is 0 Å². The molecule has 5 heteroatoms. The average Bonchev–Trinajstić information content (AvgIpc) is 2.28. The number of amides is 1. The molecule has 1 amide bonds. The minimum Gasteiger partial charge on any atom is -0.496 e. The SMILES string of the molecule is COc1cc2c(Cl)ccnc2cc1C(N)=O. The van der Waals surface area contributed by atoms with Crippen molar-refractivity contribution in [3.63, 3.8) is 0 Å². The Hall–Kier alpha value is -1.81. The third kappa shape index (κ3) is 1.67. The van der Waals surface area contributed by atoms with Crippen molar-refractivity contribution in [1.29, 1.82) is 0 Å². The van der Waals surface area contributed by atoms with Gasteiger partial charge in [-0.15, -0.1) is 0 Å². The highest BCUT2D eigenvalue weighted by molar-refractivity contribution is 6.35. The van der Waals surface area contributed by atoms with Gasteiger partial charge in [0.15, 0.2) is 0 Å². The van der Waals surface area contributed by atoms with Gasteiger partial charge in [0.1, 0.15) is 5.75 Å². The Bertz CT molecular complexity index is 569. The van der Waals surface area contributed by atoms with E-state index in [0.29, 0.717) is 21.9 Å². The molecule has 16 heavy (non-hydrogen) atoms. The Labute approximate surface area is 97.0 Å². The zero-order valence-electron chi connectivity index (χ0n) is 8.53. The maximum atomic E-state index is 11.2. The number of primary amides is 1. The van der Waals surface area contributed by atoms with Crippen LogP contribution in [0.3, 0.4) is 0 Å². The molecule has 0 aliphatic heterocycles. The molecule has 4 nitrogen and oxygen atoms in total. The maximum absolute atomic E-state index is 11.2. The van der Waals surface area contributed by atoms with E-state index in [9.17, 15) is 4.79 Å². The molecular weight excluding hydrogens is 228 g/mol. The number of nitrogens with zero attached hydrogens (tertiary/aromatic N) is 1. The third-order valence-electron chi connectivity index (χ3n) is 2.28. The van der Waals surface area contributed by atoms with E-state index in [1.807, 2.05) is 0 Å². The van der Waals surface area contributed by atoms with E-state index in [0.717, 1.165) is 5.39 Å². The molecule has 0 fully saturated rings. The van der Waals surface area contributed by atoms with Gasteiger partial charge in [0.05, 0.1) is 23.2 Å². The Balaban J connectivity index is 2.80. The summed E-state index contributed by atoms with van der Waals surface area (Å²) in [6, 6.07) is 4.90. The van der Waals surface area contributed by atoms with E-state index in [4.69, 9.17) is 22.1 Å². The van der Waals surface area contributed by atoms with Crippen LogP contribution in [0.5, 0.6) is 5.75 Å². The smallest absolute Gasteiger partial charge is 0.252 e. The van der Waals surface area contributed by atoms with Gasteiger partial charge >= 0.3 is 0 Å². The largest absolute Gasteiger partial charge is 0.496 e. The zero-order chi connectivity index (χ0) is 11.7. The van der Waals surface area contributed by atoms with E-state index in [1.54, 1.807) is 24.4 Å². The van der Waals surface area contributed by atoms with Crippen LogP contribution in [0.2, 0.25) is 5.02 Å². The number of fused-ring (bicyclic) bond motifs is 1. The first-order chi connectivity index (χ1) is 7.63. The molecule has 0 atom stereocenters. The lowest BCUT2D eigenvalue weighted by Crippen LogP contribution is -2.12. The number of ether oxygens (including phenoxy) is 1. The maximum Gasteiger partial charge on any atom is 0.252 e. The second-order valence-electron chi connectivity index (χ2n) is 3.23. The highest BCUT2D eigenvalue weighted by Crippen LogP contribution is 2.28. The van der Waals surface area contributed by atoms with Gasteiger partial charge in [-0.1, -0.05) is 11.6 Å². The standard InChI is InChI=1S/C11H9ClN2O2/c1-16-10-5-6-8(12)2-3-14-9(6)4-7(10)11(13)15/h2-5H,1H3,(H2,13,15). The lowest BCUT2D eigenvalue weighted by Gasteiger charge is -2.07. The van der Waals surface area contributed by atoms with Crippen LogP contribution in [0.15, 0.2) is 24.4 Å². The molecule has 1 heterocycles. The topological polar surface area (TPSA) is 65.2 Å². The van der Waals surface area contributed by atoms with Crippen LogP contribution in [0.25, 0.3) is 10.9 Å². The van der Waals surface area contributed by atoms with E-state index < -0.39 is 5.91 Å². The number of methoxy groups -OCH3 is 1. The van der Waals surface area contributed by atoms with Gasteiger partial charge in [-0.3, -0.25) is 9.78 Å². The minimum atomic E-state index is -0.555. The highest BCUT2D eigenvalue weighted by Gasteiger charge is 2.12. The number of carbonyl (C=O) groups is 1. The van der Waals surface area contributed by atoms with E-state index >= 15 is 0 Å². The number of aromatic nitrogens is 1. The van der Waals surface area contributed by atoms with Crippen molar-refractivity contribution in [3.8, 4) is 5.75 Å². The molecule has 0 radical (unpaired) electrons. The number of rotatable bonds is 2. The Kier molecular flexibility index (Phi) is 2.66. The van der Waals surface area contributed by atoms with Crippen LogP contribution in [0, 0.1) is 0 Å². The molecule has 1 aromatic heterocycles. The Morgan fingerprint density at radius 3 is 2.88 bits per heavy atom. The summed E-state index contributed by atoms with van der Waals surface area (Å²) < 4.78 is 5.08. The number of hydrogen-bond donors (Lipinski definition) is 1.